The Morgan fingerprint density at radius 1 is 1.06 bits per heavy atom. The van der Waals surface area contributed by atoms with E-state index in [1.165, 1.54) is 0 Å². The molecule has 0 aliphatic carbocycles. The molecule has 0 saturated heterocycles. The van der Waals surface area contributed by atoms with Crippen molar-refractivity contribution in [2.75, 3.05) is 0 Å². The Hall–Kier alpha value is -2.23. The van der Waals surface area contributed by atoms with Crippen molar-refractivity contribution >= 4 is 11.3 Å². The Morgan fingerprint density at radius 3 is 2.50 bits per heavy atom. The van der Waals surface area contributed by atoms with Crippen LogP contribution in [0.3, 0.4) is 0 Å². The predicted molar refractivity (Wildman–Crippen MR) is 69.4 cm³/mol. The van der Waals surface area contributed by atoms with Crippen molar-refractivity contribution in [2.24, 2.45) is 0 Å². The molecule has 0 saturated carbocycles. The van der Waals surface area contributed by atoms with E-state index in [2.05, 4.69) is 51.4 Å². The van der Waals surface area contributed by atoms with E-state index >= 15 is 0 Å². The van der Waals surface area contributed by atoms with E-state index in [-0.39, 0.29) is 0 Å². The van der Waals surface area contributed by atoms with Crippen molar-refractivity contribution in [3.05, 3.63) is 49.1 Å². The molecule has 0 amide bonds. The third kappa shape index (κ3) is 1.66. The molecule has 18 heavy (non-hydrogen) atoms. The SMILES string of the molecule is CC(C)[n+]1cn(-c2ccccc2)c2nccnc21. The highest BCUT2D eigenvalue weighted by molar-refractivity contribution is 5.64. The molecule has 0 unspecified atom stereocenters. The highest BCUT2D eigenvalue weighted by Gasteiger charge is 2.20. The maximum atomic E-state index is 4.44. The summed E-state index contributed by atoms with van der Waals surface area (Å²) in [7, 11) is 0. The summed E-state index contributed by atoms with van der Waals surface area (Å²) in [6, 6.07) is 10.6. The Kier molecular flexibility index (Phi) is 2.55. The van der Waals surface area contributed by atoms with Crippen LogP contribution in [0.1, 0.15) is 19.9 Å². The van der Waals surface area contributed by atoms with Gasteiger partial charge in [0.15, 0.2) is 6.33 Å². The number of fused-ring (bicyclic) bond motifs is 1. The van der Waals surface area contributed by atoms with Crippen molar-refractivity contribution in [3.8, 4) is 5.69 Å². The Morgan fingerprint density at radius 2 is 1.78 bits per heavy atom. The lowest BCUT2D eigenvalue weighted by molar-refractivity contribution is -0.693. The van der Waals surface area contributed by atoms with Crippen molar-refractivity contribution in [1.82, 2.24) is 14.5 Å². The number of nitrogens with zero attached hydrogens (tertiary/aromatic N) is 4. The van der Waals surface area contributed by atoms with Gasteiger partial charge in [-0.05, 0) is 26.0 Å². The van der Waals surface area contributed by atoms with Crippen LogP contribution in [0.2, 0.25) is 0 Å². The van der Waals surface area contributed by atoms with Crippen LogP contribution < -0.4 is 4.57 Å². The molecule has 2 heterocycles. The third-order valence-electron chi connectivity index (χ3n) is 2.96. The maximum Gasteiger partial charge on any atom is 0.322 e. The molecule has 0 aliphatic heterocycles. The van der Waals surface area contributed by atoms with Gasteiger partial charge in [0.05, 0.1) is 12.2 Å². The lowest BCUT2D eigenvalue weighted by atomic mass is 10.3. The third-order valence-corrected chi connectivity index (χ3v) is 2.96. The van der Waals surface area contributed by atoms with Crippen molar-refractivity contribution in [3.63, 3.8) is 0 Å². The lowest BCUT2D eigenvalue weighted by Gasteiger charge is -1.99. The van der Waals surface area contributed by atoms with Crippen LogP contribution in [0.15, 0.2) is 49.1 Å². The fourth-order valence-electron chi connectivity index (χ4n) is 2.06. The standard InChI is InChI=1S/C14H15N4/c1-11(2)17-10-18(12-6-4-3-5-7-12)14-13(17)15-8-9-16-14/h3-11H,1-2H3/q+1. The molecule has 0 aliphatic rings. The number of para-hydroxylation sites is 1. The average molecular weight is 239 g/mol. The maximum absolute atomic E-state index is 4.44. The lowest BCUT2D eigenvalue weighted by Crippen LogP contribution is -2.35. The zero-order chi connectivity index (χ0) is 12.5. The van der Waals surface area contributed by atoms with Gasteiger partial charge in [-0.25, -0.2) is 14.1 Å². The molecule has 1 aromatic carbocycles. The van der Waals surface area contributed by atoms with Crippen LogP contribution >= 0.6 is 0 Å². The summed E-state index contributed by atoms with van der Waals surface area (Å²) < 4.78 is 4.21. The van der Waals surface area contributed by atoms with Crippen LogP contribution in [0.25, 0.3) is 17.0 Å². The molecule has 0 atom stereocenters. The molecule has 3 aromatic rings. The van der Waals surface area contributed by atoms with Gasteiger partial charge in [-0.1, -0.05) is 18.2 Å². The molecule has 2 aromatic heterocycles. The van der Waals surface area contributed by atoms with Gasteiger partial charge < -0.3 is 0 Å². The molecule has 4 heteroatoms. The molecule has 0 fully saturated rings. The van der Waals surface area contributed by atoms with Crippen LogP contribution in [-0.2, 0) is 0 Å². The van der Waals surface area contributed by atoms with E-state index in [1.807, 2.05) is 18.2 Å². The zero-order valence-electron chi connectivity index (χ0n) is 10.5. The van der Waals surface area contributed by atoms with Gasteiger partial charge >= 0.3 is 5.65 Å². The number of hydrogen-bond acceptors (Lipinski definition) is 2. The second kappa shape index (κ2) is 4.22. The van der Waals surface area contributed by atoms with E-state index in [9.17, 15) is 0 Å². The van der Waals surface area contributed by atoms with Gasteiger partial charge in [0.25, 0.3) is 5.65 Å². The van der Waals surface area contributed by atoms with Crippen LogP contribution in [-0.4, -0.2) is 14.5 Å². The molecule has 0 radical (unpaired) electrons. The van der Waals surface area contributed by atoms with Gasteiger partial charge in [-0.2, -0.15) is 0 Å². The van der Waals surface area contributed by atoms with E-state index < -0.39 is 0 Å². The van der Waals surface area contributed by atoms with Crippen molar-refractivity contribution in [2.45, 2.75) is 19.9 Å². The monoisotopic (exact) mass is 239 g/mol. The van der Waals surface area contributed by atoms with Gasteiger partial charge in [0.2, 0.25) is 0 Å². The van der Waals surface area contributed by atoms with Gasteiger partial charge in [-0.15, -0.1) is 4.98 Å². The first-order valence-electron chi connectivity index (χ1n) is 6.06. The fraction of sp³-hybridized carbons (Fsp3) is 0.214. The van der Waals surface area contributed by atoms with Gasteiger partial charge in [0.1, 0.15) is 11.9 Å². The molecule has 0 N–H and O–H groups in total. The Balaban J connectivity index is 2.31. The summed E-state index contributed by atoms with van der Waals surface area (Å²) in [5.74, 6) is 0. The Labute approximate surface area is 106 Å². The van der Waals surface area contributed by atoms with Crippen LogP contribution in [0.4, 0.5) is 0 Å². The molecule has 90 valence electrons. The van der Waals surface area contributed by atoms with E-state index in [0.29, 0.717) is 6.04 Å². The normalized spacial score (nSPS) is 11.3. The van der Waals surface area contributed by atoms with Crippen LogP contribution in [0.5, 0.6) is 0 Å². The molecule has 4 nitrogen and oxygen atoms in total. The van der Waals surface area contributed by atoms with Crippen molar-refractivity contribution < 1.29 is 4.57 Å². The zero-order valence-corrected chi connectivity index (χ0v) is 10.5. The van der Waals surface area contributed by atoms with Gasteiger partial charge in [-0.3, -0.25) is 0 Å². The predicted octanol–water partition coefficient (Wildman–Crippen LogP) is 2.29. The first-order chi connectivity index (χ1) is 8.77. The number of imidazole rings is 1. The molecule has 0 spiro atoms. The minimum Gasteiger partial charge on any atom is -0.229 e. The largest absolute Gasteiger partial charge is 0.322 e. The molecule has 3 rings (SSSR count). The smallest absolute Gasteiger partial charge is 0.229 e. The van der Waals surface area contributed by atoms with E-state index in [0.717, 1.165) is 17.0 Å². The highest BCUT2D eigenvalue weighted by atomic mass is 15.2. The topological polar surface area (TPSA) is 34.6 Å². The molecule has 0 bridgehead atoms. The second-order valence-corrected chi connectivity index (χ2v) is 4.53. The van der Waals surface area contributed by atoms with E-state index in [4.69, 9.17) is 0 Å². The quantitative estimate of drug-likeness (QED) is 0.643. The average Bonchev–Trinajstić information content (AvgIpc) is 2.79. The summed E-state index contributed by atoms with van der Waals surface area (Å²) in [6.45, 7) is 4.28. The minimum atomic E-state index is 0.356. The number of benzene rings is 1. The number of rotatable bonds is 2. The highest BCUT2D eigenvalue weighted by Crippen LogP contribution is 2.14. The minimum absolute atomic E-state index is 0.356. The Bertz CT molecular complexity index is 671. The van der Waals surface area contributed by atoms with Gasteiger partial charge in [0, 0.05) is 0 Å². The first-order valence-corrected chi connectivity index (χ1v) is 6.06. The summed E-state index contributed by atoms with van der Waals surface area (Å²) >= 11 is 0. The number of aromatic nitrogens is 4. The number of hydrogen-bond donors (Lipinski definition) is 0. The first kappa shape index (κ1) is 10.9. The molecular formula is C14H15N4+. The summed E-state index contributed by atoms with van der Waals surface area (Å²) in [5, 5.41) is 0. The molecular weight excluding hydrogens is 224 g/mol. The second-order valence-electron chi connectivity index (χ2n) is 4.53. The summed E-state index contributed by atoms with van der Waals surface area (Å²) in [6.07, 6.45) is 5.52. The van der Waals surface area contributed by atoms with E-state index in [1.54, 1.807) is 12.4 Å². The fourth-order valence-corrected chi connectivity index (χ4v) is 2.06. The summed E-state index contributed by atoms with van der Waals surface area (Å²) in [5.41, 5.74) is 2.90. The van der Waals surface area contributed by atoms with Crippen molar-refractivity contribution in [1.29, 1.82) is 0 Å². The van der Waals surface area contributed by atoms with Crippen LogP contribution in [0, 0.1) is 0 Å². The summed E-state index contributed by atoms with van der Waals surface area (Å²) in [4.78, 5) is 8.87.